The Bertz CT molecular complexity index is 1400. The molecule has 0 saturated carbocycles. The number of methoxy groups -OCH3 is 1. The highest BCUT2D eigenvalue weighted by Crippen LogP contribution is 2.35. The van der Waals surface area contributed by atoms with E-state index in [9.17, 15) is 29.5 Å². The van der Waals surface area contributed by atoms with Crippen LogP contribution in [0.2, 0.25) is 0 Å². The van der Waals surface area contributed by atoms with E-state index in [1.54, 1.807) is 6.07 Å². The summed E-state index contributed by atoms with van der Waals surface area (Å²) < 4.78 is 20.7. The van der Waals surface area contributed by atoms with Gasteiger partial charge in [-0.1, -0.05) is 30.3 Å². The van der Waals surface area contributed by atoms with Crippen molar-refractivity contribution in [2.24, 2.45) is 4.99 Å². The molecule has 0 unspecified atom stereocenters. The van der Waals surface area contributed by atoms with Crippen LogP contribution >= 0.6 is 7.82 Å². The van der Waals surface area contributed by atoms with E-state index in [-0.39, 0.29) is 46.9 Å². The molecule has 0 saturated heterocycles. The normalized spacial score (nSPS) is 14.7. The number of aromatic hydroxyl groups is 1. The van der Waals surface area contributed by atoms with Gasteiger partial charge in [-0.25, -0.2) is 0 Å². The van der Waals surface area contributed by atoms with Gasteiger partial charge in [0.05, 0.1) is 39.5 Å². The van der Waals surface area contributed by atoms with E-state index in [0.29, 0.717) is 22.8 Å². The Kier molecular flexibility index (Phi) is 7.72. The van der Waals surface area contributed by atoms with Gasteiger partial charge < -0.3 is 28.7 Å². The van der Waals surface area contributed by atoms with Gasteiger partial charge in [-0.2, -0.15) is 5.06 Å². The zero-order valence-corrected chi connectivity index (χ0v) is 21.0. The number of phosphoric acid groups is 1. The molecule has 1 aliphatic heterocycles. The second-order valence-corrected chi connectivity index (χ2v) is 9.58. The van der Waals surface area contributed by atoms with Crippen LogP contribution in [0, 0.1) is 6.92 Å². The third kappa shape index (κ3) is 6.04. The molecule has 37 heavy (non-hydrogen) atoms. The first-order chi connectivity index (χ1) is 17.6. The van der Waals surface area contributed by atoms with Crippen LogP contribution in [0.25, 0.3) is 0 Å². The molecule has 0 fully saturated rings. The Balaban J connectivity index is 1.65. The quantitative estimate of drug-likeness (QED) is 0.330. The second-order valence-electron chi connectivity index (χ2n) is 8.43. The first kappa shape index (κ1) is 26.5. The molecule has 0 spiro atoms. The van der Waals surface area contributed by atoms with Gasteiger partial charge in [-0.3, -0.25) is 20.0 Å². The van der Waals surface area contributed by atoms with Crippen LogP contribution in [0.3, 0.4) is 0 Å². The lowest BCUT2D eigenvalue weighted by molar-refractivity contribution is -0.342. The number of aryl methyl sites for hydroxylation is 1. The van der Waals surface area contributed by atoms with E-state index >= 15 is 0 Å². The summed E-state index contributed by atoms with van der Waals surface area (Å²) >= 11 is 0. The Morgan fingerprint density at radius 1 is 1.19 bits per heavy atom. The molecule has 1 aliphatic rings. The molecule has 12 heteroatoms. The number of carbonyl (C=O) groups is 1. The fraction of sp³-hybridized carbons (Fsp3) is 0.240. The lowest BCUT2D eigenvalue weighted by atomic mass is 9.95. The van der Waals surface area contributed by atoms with Crippen molar-refractivity contribution < 1.29 is 38.7 Å². The summed E-state index contributed by atoms with van der Waals surface area (Å²) in [6.45, 7) is 0.645. The largest absolute Gasteiger partial charge is 0.790 e. The van der Waals surface area contributed by atoms with Crippen molar-refractivity contribution in [3.05, 3.63) is 82.2 Å². The first-order valence-corrected chi connectivity index (χ1v) is 12.7. The summed E-state index contributed by atoms with van der Waals surface area (Å²) in [6, 6.07) is 13.2. The summed E-state index contributed by atoms with van der Waals surface area (Å²) in [5.41, 5.74) is 3.37. The maximum absolute atomic E-state index is 12.9. The van der Waals surface area contributed by atoms with Gasteiger partial charge in [0.15, 0.2) is 0 Å². The summed E-state index contributed by atoms with van der Waals surface area (Å²) in [7, 11) is -3.75. The maximum atomic E-state index is 12.9. The number of nitrogens with zero attached hydrogens (tertiary/aromatic N) is 3. The number of benzene rings is 2. The topological polar surface area (TPSA) is 168 Å². The molecule has 11 nitrogen and oxygen atoms in total. The molecular formula is C25H24N3O8P-2. The van der Waals surface area contributed by atoms with E-state index in [4.69, 9.17) is 4.74 Å². The highest BCUT2D eigenvalue weighted by atomic mass is 31.2. The van der Waals surface area contributed by atoms with Crippen molar-refractivity contribution in [2.75, 3.05) is 12.2 Å². The van der Waals surface area contributed by atoms with Crippen molar-refractivity contribution >= 4 is 25.1 Å². The van der Waals surface area contributed by atoms with Gasteiger partial charge in [-0.05, 0) is 29.7 Å². The highest BCUT2D eigenvalue weighted by molar-refractivity contribution is 7.43. The van der Waals surface area contributed by atoms with Crippen LogP contribution in [-0.4, -0.2) is 34.0 Å². The number of carbonyl (C=O) groups excluding carboxylic acids is 1. The molecule has 0 aliphatic carbocycles. The number of ether oxygens (including phenoxy) is 1. The van der Waals surface area contributed by atoms with E-state index in [0.717, 1.165) is 11.1 Å². The number of aromatic nitrogens is 1. The van der Waals surface area contributed by atoms with Gasteiger partial charge in [0, 0.05) is 36.2 Å². The minimum Gasteiger partial charge on any atom is -0.790 e. The molecule has 1 amide bonds. The van der Waals surface area contributed by atoms with Crippen molar-refractivity contribution in [1.82, 2.24) is 4.98 Å². The molecule has 0 radical (unpaired) electrons. The summed E-state index contributed by atoms with van der Waals surface area (Å²) in [5.74, 6) is -0.501. The third-order valence-electron chi connectivity index (χ3n) is 5.98. The van der Waals surface area contributed by atoms with E-state index in [1.165, 1.54) is 20.2 Å². The molecule has 0 bridgehead atoms. The van der Waals surface area contributed by atoms with Gasteiger partial charge in [-0.15, -0.1) is 0 Å². The molecule has 1 aromatic heterocycles. The Hall–Kier alpha value is -3.60. The van der Waals surface area contributed by atoms with E-state index < -0.39 is 20.3 Å². The van der Waals surface area contributed by atoms with Crippen molar-refractivity contribution in [3.63, 3.8) is 0 Å². The van der Waals surface area contributed by atoms with Gasteiger partial charge in [0.2, 0.25) is 0 Å². The number of hydroxylamine groups is 1. The Morgan fingerprint density at radius 3 is 2.59 bits per heavy atom. The van der Waals surface area contributed by atoms with Crippen LogP contribution in [0.1, 0.15) is 33.5 Å². The minimum atomic E-state index is -5.26. The zero-order valence-electron chi connectivity index (χ0n) is 20.1. The van der Waals surface area contributed by atoms with Crippen molar-refractivity contribution in [1.29, 1.82) is 0 Å². The standard InChI is InChI=1S/C25H26N3O8P/c1-15-24(29)20(19(12-26-15)14-36-37(32,33)34)13-27-21-10-17-9-18(8-16-6-4-3-5-7-16)23(35-2)11-22(17)28(31)25(21)30/h3-7,9,11-12,29,31H,8,10,13-14H2,1-2H3,(H2,32,33,34)/p-2. The smallest absolute Gasteiger partial charge is 0.296 e. The molecule has 2 aromatic carbocycles. The Morgan fingerprint density at radius 2 is 1.92 bits per heavy atom. The van der Waals surface area contributed by atoms with Crippen LogP contribution in [0.15, 0.2) is 53.7 Å². The number of pyridine rings is 1. The predicted octanol–water partition coefficient (Wildman–Crippen LogP) is 1.96. The summed E-state index contributed by atoms with van der Waals surface area (Å²) in [5, 5.41) is 21.6. The van der Waals surface area contributed by atoms with Crippen LogP contribution in [0.5, 0.6) is 11.5 Å². The third-order valence-corrected chi connectivity index (χ3v) is 6.43. The summed E-state index contributed by atoms with van der Waals surface area (Å²) in [4.78, 5) is 42.9. The van der Waals surface area contributed by atoms with Crippen molar-refractivity contribution in [2.45, 2.75) is 32.9 Å². The van der Waals surface area contributed by atoms with Crippen LogP contribution in [0.4, 0.5) is 5.69 Å². The first-order valence-electron chi connectivity index (χ1n) is 11.2. The fourth-order valence-corrected chi connectivity index (χ4v) is 4.36. The number of aliphatic imine (C=N–C) groups is 1. The number of rotatable bonds is 8. The molecule has 2 N–H and O–H groups in total. The minimum absolute atomic E-state index is 0.0184. The van der Waals surface area contributed by atoms with Gasteiger partial charge in [0.25, 0.3) is 5.91 Å². The number of hydrogen-bond acceptors (Lipinski definition) is 10. The molecule has 3 aromatic rings. The average Bonchev–Trinajstić information content (AvgIpc) is 2.86. The lowest BCUT2D eigenvalue weighted by Crippen LogP contribution is -2.39. The van der Waals surface area contributed by atoms with Gasteiger partial charge in [0.1, 0.15) is 17.2 Å². The van der Waals surface area contributed by atoms with Crippen LogP contribution in [-0.2, 0) is 39.9 Å². The molecule has 0 atom stereocenters. The maximum Gasteiger partial charge on any atom is 0.296 e. The second kappa shape index (κ2) is 10.8. The number of fused-ring (bicyclic) bond motifs is 1. The fourth-order valence-electron chi connectivity index (χ4n) is 4.07. The summed E-state index contributed by atoms with van der Waals surface area (Å²) in [6.07, 6.45) is 1.93. The lowest BCUT2D eigenvalue weighted by Gasteiger charge is -2.29. The van der Waals surface area contributed by atoms with Crippen molar-refractivity contribution in [3.8, 4) is 11.5 Å². The van der Waals surface area contributed by atoms with E-state index in [2.05, 4.69) is 14.5 Å². The van der Waals surface area contributed by atoms with Crippen LogP contribution < -0.4 is 19.6 Å². The SMILES string of the molecule is COc1cc2c(cc1Cc1ccccc1)CC(=NCc1c(COP(=O)([O-])[O-])cnc(C)c1O)C(=O)N2O. The molecule has 2 heterocycles. The highest BCUT2D eigenvalue weighted by Gasteiger charge is 2.30. The molecule has 4 rings (SSSR count). The number of phosphoric ester groups is 1. The number of amides is 1. The monoisotopic (exact) mass is 525 g/mol. The van der Waals surface area contributed by atoms with E-state index in [1.807, 2.05) is 36.4 Å². The van der Waals surface area contributed by atoms with Gasteiger partial charge >= 0.3 is 0 Å². The molecular weight excluding hydrogens is 501 g/mol. The number of hydrogen-bond donors (Lipinski definition) is 2. The Labute approximate surface area is 212 Å². The molecule has 194 valence electrons. The zero-order chi connectivity index (χ0) is 26.7. The number of anilines is 1. The average molecular weight is 525 g/mol. The predicted molar refractivity (Wildman–Crippen MR) is 129 cm³/mol.